The van der Waals surface area contributed by atoms with E-state index in [2.05, 4.69) is 10.3 Å². The number of aromatic nitrogens is 2. The lowest BCUT2D eigenvalue weighted by Crippen LogP contribution is -2.42. The van der Waals surface area contributed by atoms with E-state index in [9.17, 15) is 22.4 Å². The first kappa shape index (κ1) is 24.8. The van der Waals surface area contributed by atoms with E-state index in [0.717, 1.165) is 34.5 Å². The number of piperidine rings is 1. The number of sulfonamides is 1. The van der Waals surface area contributed by atoms with E-state index < -0.39 is 33.9 Å². The molecule has 1 N–H and O–H groups in total. The highest BCUT2D eigenvalue weighted by atomic mass is 35.5. The molecule has 2 atom stereocenters. The van der Waals surface area contributed by atoms with Crippen LogP contribution < -0.4 is 10.9 Å². The largest absolute Gasteiger partial charge is 0.323 e. The lowest BCUT2D eigenvalue weighted by atomic mass is 9.94. The van der Waals surface area contributed by atoms with Crippen molar-refractivity contribution in [1.82, 2.24) is 13.9 Å². The van der Waals surface area contributed by atoms with Gasteiger partial charge in [0.05, 0.1) is 22.4 Å². The summed E-state index contributed by atoms with van der Waals surface area (Å²) in [5, 5.41) is 2.53. The van der Waals surface area contributed by atoms with Gasteiger partial charge in [0.2, 0.25) is 15.9 Å². The molecule has 34 heavy (non-hydrogen) atoms. The van der Waals surface area contributed by atoms with Crippen LogP contribution in [0.5, 0.6) is 0 Å². The van der Waals surface area contributed by atoms with Gasteiger partial charge < -0.3 is 5.32 Å². The lowest BCUT2D eigenvalue weighted by Gasteiger charge is -2.34. The smallest absolute Gasteiger partial charge is 0.263 e. The molecule has 182 valence electrons. The predicted molar refractivity (Wildman–Crippen MR) is 130 cm³/mol. The van der Waals surface area contributed by atoms with Crippen molar-refractivity contribution in [3.63, 3.8) is 0 Å². The van der Waals surface area contributed by atoms with Gasteiger partial charge in [-0.2, -0.15) is 4.31 Å². The van der Waals surface area contributed by atoms with Crippen molar-refractivity contribution in [2.75, 3.05) is 18.4 Å². The first-order chi connectivity index (χ1) is 16.0. The first-order valence-electron chi connectivity index (χ1n) is 10.7. The monoisotopic (exact) mass is 526 g/mol. The maximum absolute atomic E-state index is 13.6. The van der Waals surface area contributed by atoms with E-state index in [1.807, 2.05) is 13.8 Å². The number of fused-ring (bicyclic) bond motifs is 1. The number of halogens is 2. The fraction of sp³-hybridized carbons (Fsp3) is 0.409. The van der Waals surface area contributed by atoms with E-state index >= 15 is 0 Å². The molecule has 3 heterocycles. The molecule has 4 rings (SSSR count). The van der Waals surface area contributed by atoms with Crippen LogP contribution in [-0.2, 0) is 21.4 Å². The van der Waals surface area contributed by atoms with Crippen LogP contribution >= 0.6 is 22.9 Å². The Kier molecular flexibility index (Phi) is 6.83. The van der Waals surface area contributed by atoms with E-state index in [1.54, 1.807) is 6.92 Å². The van der Waals surface area contributed by atoms with Gasteiger partial charge in [-0.1, -0.05) is 25.4 Å². The summed E-state index contributed by atoms with van der Waals surface area (Å²) in [6.45, 7) is 6.04. The van der Waals surface area contributed by atoms with Crippen LogP contribution in [0.4, 0.5) is 10.1 Å². The minimum atomic E-state index is -3.93. The summed E-state index contributed by atoms with van der Waals surface area (Å²) in [7, 11) is -3.93. The number of rotatable bonds is 5. The summed E-state index contributed by atoms with van der Waals surface area (Å²) in [4.78, 5) is 30.8. The zero-order valence-corrected chi connectivity index (χ0v) is 21.2. The minimum Gasteiger partial charge on any atom is -0.323 e. The van der Waals surface area contributed by atoms with Crippen LogP contribution in [-0.4, -0.2) is 41.3 Å². The van der Waals surface area contributed by atoms with E-state index in [1.165, 1.54) is 16.7 Å². The molecule has 0 saturated carbocycles. The number of carbonyl (C=O) groups excluding carboxylic acids is 1. The normalized spacial score (nSPS) is 19.4. The van der Waals surface area contributed by atoms with Crippen molar-refractivity contribution in [3.05, 3.63) is 50.6 Å². The number of aryl methyl sites for hydroxylation is 1. The summed E-state index contributed by atoms with van der Waals surface area (Å²) in [6.07, 6.45) is 2.16. The van der Waals surface area contributed by atoms with Gasteiger partial charge in [-0.05, 0) is 43.4 Å². The third-order valence-electron chi connectivity index (χ3n) is 5.75. The Hall–Kier alpha value is -2.34. The van der Waals surface area contributed by atoms with E-state index in [-0.39, 0.29) is 32.8 Å². The molecule has 1 amide bonds. The van der Waals surface area contributed by atoms with Gasteiger partial charge in [-0.3, -0.25) is 14.2 Å². The molecule has 3 aromatic rings. The van der Waals surface area contributed by atoms with Crippen molar-refractivity contribution in [1.29, 1.82) is 0 Å². The Labute approximate surface area is 205 Å². The van der Waals surface area contributed by atoms with Crippen molar-refractivity contribution < 1.29 is 17.6 Å². The van der Waals surface area contributed by atoms with E-state index in [0.29, 0.717) is 22.8 Å². The summed E-state index contributed by atoms with van der Waals surface area (Å²) in [5.41, 5.74) is -0.426. The molecule has 1 aromatic carbocycles. The molecule has 1 saturated heterocycles. The van der Waals surface area contributed by atoms with Gasteiger partial charge >= 0.3 is 0 Å². The zero-order valence-electron chi connectivity index (χ0n) is 18.8. The Balaban J connectivity index is 1.69. The highest BCUT2D eigenvalue weighted by Crippen LogP contribution is 2.35. The van der Waals surface area contributed by atoms with Crippen molar-refractivity contribution in [2.24, 2.45) is 11.8 Å². The average molecular weight is 527 g/mol. The Morgan fingerprint density at radius 2 is 1.97 bits per heavy atom. The number of benzene rings is 1. The van der Waals surface area contributed by atoms with Crippen LogP contribution in [0.25, 0.3) is 10.2 Å². The molecule has 0 spiro atoms. The average Bonchev–Trinajstić information content (AvgIpc) is 3.09. The standard InChI is InChI=1S/C22H24ClFN4O4S2/c1-12-6-13(2)9-28(8-12)34(31,32)20-14(3)33-21-19(20)22(30)27(11-25-21)10-18(29)26-17-5-4-15(24)7-16(17)23/h4-5,7,11-13H,6,8-10H2,1-3H3,(H,26,29)/t12-,13+. The number of anilines is 1. The van der Waals surface area contributed by atoms with Gasteiger partial charge in [0.25, 0.3) is 5.56 Å². The second-order valence-electron chi connectivity index (χ2n) is 8.79. The number of nitrogens with zero attached hydrogens (tertiary/aromatic N) is 3. The van der Waals surface area contributed by atoms with Crippen LogP contribution in [0.3, 0.4) is 0 Å². The summed E-state index contributed by atoms with van der Waals surface area (Å²) >= 11 is 7.08. The van der Waals surface area contributed by atoms with Crippen molar-refractivity contribution >= 4 is 54.8 Å². The molecule has 1 aliphatic heterocycles. The number of nitrogens with one attached hydrogen (secondary N) is 1. The minimum absolute atomic E-state index is 0.0107. The molecular formula is C22H24ClFN4O4S2. The highest BCUT2D eigenvalue weighted by Gasteiger charge is 2.35. The molecule has 2 aromatic heterocycles. The maximum Gasteiger partial charge on any atom is 0.263 e. The Morgan fingerprint density at radius 1 is 1.29 bits per heavy atom. The first-order valence-corrected chi connectivity index (χ1v) is 13.3. The summed E-state index contributed by atoms with van der Waals surface area (Å²) in [5.74, 6) is -0.722. The molecular weight excluding hydrogens is 503 g/mol. The number of amides is 1. The van der Waals surface area contributed by atoms with E-state index in [4.69, 9.17) is 11.6 Å². The Morgan fingerprint density at radius 3 is 2.62 bits per heavy atom. The molecule has 0 aliphatic carbocycles. The molecule has 0 unspecified atom stereocenters. The molecule has 1 aliphatic rings. The number of hydrogen-bond acceptors (Lipinski definition) is 6. The van der Waals surface area contributed by atoms with Gasteiger partial charge in [0, 0.05) is 18.0 Å². The molecule has 1 fully saturated rings. The third kappa shape index (κ3) is 4.74. The van der Waals surface area contributed by atoms with Gasteiger partial charge in [-0.25, -0.2) is 17.8 Å². The topological polar surface area (TPSA) is 101 Å². The maximum atomic E-state index is 13.6. The summed E-state index contributed by atoms with van der Waals surface area (Å²) in [6, 6.07) is 3.52. The zero-order chi connectivity index (χ0) is 24.8. The fourth-order valence-electron chi connectivity index (χ4n) is 4.40. The highest BCUT2D eigenvalue weighted by molar-refractivity contribution is 7.89. The third-order valence-corrected chi connectivity index (χ3v) is 9.21. The predicted octanol–water partition coefficient (Wildman–Crippen LogP) is 3.86. The summed E-state index contributed by atoms with van der Waals surface area (Å²) < 4.78 is 42.9. The van der Waals surface area contributed by atoms with Crippen LogP contribution in [0.15, 0.2) is 34.2 Å². The lowest BCUT2D eigenvalue weighted by molar-refractivity contribution is -0.116. The number of hydrogen-bond donors (Lipinski definition) is 1. The van der Waals surface area contributed by atoms with Crippen LogP contribution in [0.1, 0.15) is 25.1 Å². The van der Waals surface area contributed by atoms with Gasteiger partial charge in [-0.15, -0.1) is 11.3 Å². The van der Waals surface area contributed by atoms with Gasteiger partial charge in [0.15, 0.2) is 0 Å². The quantitative estimate of drug-likeness (QED) is 0.544. The van der Waals surface area contributed by atoms with Gasteiger partial charge in [0.1, 0.15) is 22.1 Å². The number of thiophene rings is 1. The SMILES string of the molecule is Cc1sc2ncn(CC(=O)Nc3ccc(F)cc3Cl)c(=O)c2c1S(=O)(=O)N1C[C@H](C)C[C@H](C)C1. The second kappa shape index (κ2) is 9.37. The molecule has 12 heteroatoms. The Bertz CT molecular complexity index is 1430. The molecule has 0 bridgehead atoms. The fourth-order valence-corrected chi connectivity index (χ4v) is 7.96. The van der Waals surface area contributed by atoms with Crippen molar-refractivity contribution in [2.45, 2.75) is 38.6 Å². The van der Waals surface area contributed by atoms with Crippen LogP contribution in [0, 0.1) is 24.6 Å². The molecule has 8 nitrogen and oxygen atoms in total. The molecule has 0 radical (unpaired) electrons. The second-order valence-corrected chi connectivity index (χ2v) is 12.3. The number of carbonyl (C=O) groups is 1. The van der Waals surface area contributed by atoms with Crippen LogP contribution in [0.2, 0.25) is 5.02 Å². The van der Waals surface area contributed by atoms with Crippen molar-refractivity contribution in [3.8, 4) is 0 Å².